The van der Waals surface area contributed by atoms with E-state index in [1.165, 1.54) is 57.8 Å². The summed E-state index contributed by atoms with van der Waals surface area (Å²) in [4.78, 5) is 11.5. The molecule has 0 bridgehead atoms. The average Bonchev–Trinajstić information content (AvgIpc) is 2.38. The maximum Gasteiger partial charge on any atom is 0.311 e. The predicted molar refractivity (Wildman–Crippen MR) is 91.4 cm³/mol. The zero-order valence-electron chi connectivity index (χ0n) is 15.2. The van der Waals surface area contributed by atoms with E-state index in [-0.39, 0.29) is 11.4 Å². The Balaban J connectivity index is 3.18. The van der Waals surface area contributed by atoms with Gasteiger partial charge in [0.05, 0.1) is 12.0 Å². The van der Waals surface area contributed by atoms with Crippen LogP contribution in [0.25, 0.3) is 0 Å². The molecule has 0 rings (SSSR count). The molecule has 0 aromatic rings. The molecule has 2 heteroatoms. The molecule has 0 heterocycles. The Hall–Kier alpha value is -0.530. The van der Waals surface area contributed by atoms with E-state index in [4.69, 9.17) is 4.74 Å². The van der Waals surface area contributed by atoms with Crippen molar-refractivity contribution in [1.29, 1.82) is 0 Å². The van der Waals surface area contributed by atoms with E-state index in [1.807, 2.05) is 20.8 Å². The summed E-state index contributed by atoms with van der Waals surface area (Å²) in [7, 11) is 0. The third-order valence-electron chi connectivity index (χ3n) is 3.77. The zero-order valence-corrected chi connectivity index (χ0v) is 15.2. The van der Waals surface area contributed by atoms with E-state index in [0.29, 0.717) is 6.61 Å². The molecular weight excluding hydrogens is 260 g/mol. The molecule has 0 radical (unpaired) electrons. The first-order chi connectivity index (χ1) is 9.84. The van der Waals surface area contributed by atoms with Gasteiger partial charge in [-0.3, -0.25) is 4.79 Å². The van der Waals surface area contributed by atoms with E-state index in [9.17, 15) is 4.79 Å². The quantitative estimate of drug-likeness (QED) is 0.320. The van der Waals surface area contributed by atoms with Crippen molar-refractivity contribution in [3.63, 3.8) is 0 Å². The van der Waals surface area contributed by atoms with Crippen molar-refractivity contribution >= 4 is 5.97 Å². The Morgan fingerprint density at radius 2 is 1.24 bits per heavy atom. The summed E-state index contributed by atoms with van der Waals surface area (Å²) in [5.41, 5.74) is -0.366. The summed E-state index contributed by atoms with van der Waals surface area (Å²) in [5, 5.41) is 0. The van der Waals surface area contributed by atoms with Crippen molar-refractivity contribution < 1.29 is 9.53 Å². The van der Waals surface area contributed by atoms with Crippen molar-refractivity contribution in [3.8, 4) is 0 Å². The molecule has 0 saturated heterocycles. The minimum absolute atomic E-state index is 0.0797. The number of esters is 1. The molecule has 126 valence electrons. The van der Waals surface area contributed by atoms with Gasteiger partial charge in [0, 0.05) is 0 Å². The van der Waals surface area contributed by atoms with E-state index in [1.54, 1.807) is 0 Å². The highest BCUT2D eigenvalue weighted by Crippen LogP contribution is 2.16. The van der Waals surface area contributed by atoms with Crippen LogP contribution in [0.15, 0.2) is 0 Å². The molecule has 0 aliphatic rings. The van der Waals surface area contributed by atoms with Gasteiger partial charge < -0.3 is 4.74 Å². The van der Waals surface area contributed by atoms with Crippen LogP contribution in [-0.2, 0) is 9.53 Å². The molecule has 0 aliphatic heterocycles. The summed E-state index contributed by atoms with van der Waals surface area (Å²) >= 11 is 0. The molecule has 0 spiro atoms. The second kappa shape index (κ2) is 12.1. The lowest BCUT2D eigenvalue weighted by Gasteiger charge is -2.16. The predicted octanol–water partition coefficient (Wildman–Crippen LogP) is 6.13. The van der Waals surface area contributed by atoms with Crippen LogP contribution < -0.4 is 0 Å². The van der Waals surface area contributed by atoms with Crippen molar-refractivity contribution in [2.45, 2.75) is 98.8 Å². The Morgan fingerprint density at radius 1 is 0.810 bits per heavy atom. The van der Waals surface area contributed by atoms with E-state index >= 15 is 0 Å². The first-order valence-electron chi connectivity index (χ1n) is 9.01. The summed E-state index contributed by atoms with van der Waals surface area (Å²) < 4.78 is 5.26. The molecular formula is C19H38O2. The van der Waals surface area contributed by atoms with Crippen LogP contribution in [0.2, 0.25) is 0 Å². The molecule has 0 fully saturated rings. The highest BCUT2D eigenvalue weighted by Gasteiger charge is 2.22. The molecule has 0 aromatic carbocycles. The molecule has 2 nitrogen and oxygen atoms in total. The van der Waals surface area contributed by atoms with Gasteiger partial charge in [-0.1, -0.05) is 71.6 Å². The first kappa shape index (κ1) is 20.5. The van der Waals surface area contributed by atoms with Gasteiger partial charge >= 0.3 is 5.97 Å². The van der Waals surface area contributed by atoms with Gasteiger partial charge in [-0.15, -0.1) is 0 Å². The topological polar surface area (TPSA) is 26.3 Å². The summed E-state index contributed by atoms with van der Waals surface area (Å²) in [6.45, 7) is 10.9. The fraction of sp³-hybridized carbons (Fsp3) is 0.947. The Bertz CT molecular complexity index is 251. The highest BCUT2D eigenvalue weighted by atomic mass is 16.5. The fourth-order valence-corrected chi connectivity index (χ4v) is 2.27. The standard InChI is InChI=1S/C19H38O2/c1-17(2)15-13-11-9-7-6-8-10-12-14-16-21-18(20)19(3,4)5/h17H,6-16H2,1-5H3. The number of ether oxygens (including phenoxy) is 1. The van der Waals surface area contributed by atoms with Crippen LogP contribution in [0.5, 0.6) is 0 Å². The Morgan fingerprint density at radius 3 is 1.67 bits per heavy atom. The Kier molecular flexibility index (Phi) is 11.8. The van der Waals surface area contributed by atoms with E-state index < -0.39 is 0 Å². The van der Waals surface area contributed by atoms with Crippen LogP contribution in [0.4, 0.5) is 0 Å². The lowest BCUT2D eigenvalue weighted by atomic mass is 9.97. The maximum atomic E-state index is 11.5. The number of unbranched alkanes of at least 4 members (excludes halogenated alkanes) is 8. The van der Waals surface area contributed by atoms with Gasteiger partial charge in [-0.05, 0) is 33.1 Å². The van der Waals surface area contributed by atoms with Gasteiger partial charge in [0.1, 0.15) is 0 Å². The highest BCUT2D eigenvalue weighted by molar-refractivity contribution is 5.75. The molecule has 0 aliphatic carbocycles. The third-order valence-corrected chi connectivity index (χ3v) is 3.77. The van der Waals surface area contributed by atoms with Gasteiger partial charge in [-0.25, -0.2) is 0 Å². The summed E-state index contributed by atoms with van der Waals surface area (Å²) in [6, 6.07) is 0. The van der Waals surface area contributed by atoms with Crippen molar-refractivity contribution in [2.75, 3.05) is 6.61 Å². The average molecular weight is 299 g/mol. The van der Waals surface area contributed by atoms with Gasteiger partial charge in [0.2, 0.25) is 0 Å². The lowest BCUT2D eigenvalue weighted by molar-refractivity contribution is -0.153. The maximum absolute atomic E-state index is 11.5. The monoisotopic (exact) mass is 298 g/mol. The number of rotatable bonds is 12. The lowest BCUT2D eigenvalue weighted by Crippen LogP contribution is -2.23. The second-order valence-corrected chi connectivity index (χ2v) is 7.75. The molecule has 0 amide bonds. The summed E-state index contributed by atoms with van der Waals surface area (Å²) in [5.74, 6) is 0.779. The third kappa shape index (κ3) is 14.2. The van der Waals surface area contributed by atoms with Gasteiger partial charge in [0.15, 0.2) is 0 Å². The number of hydrogen-bond donors (Lipinski definition) is 0. The molecule has 0 aromatic heterocycles. The minimum Gasteiger partial charge on any atom is -0.465 e. The van der Waals surface area contributed by atoms with E-state index in [0.717, 1.165) is 12.3 Å². The van der Waals surface area contributed by atoms with Crippen LogP contribution in [0, 0.1) is 11.3 Å². The molecule has 0 N–H and O–H groups in total. The smallest absolute Gasteiger partial charge is 0.311 e. The second-order valence-electron chi connectivity index (χ2n) is 7.75. The van der Waals surface area contributed by atoms with E-state index in [2.05, 4.69) is 13.8 Å². The van der Waals surface area contributed by atoms with Gasteiger partial charge in [-0.2, -0.15) is 0 Å². The summed E-state index contributed by atoms with van der Waals surface area (Å²) in [6.07, 6.45) is 13.1. The fourth-order valence-electron chi connectivity index (χ4n) is 2.27. The van der Waals surface area contributed by atoms with Crippen molar-refractivity contribution in [1.82, 2.24) is 0 Å². The van der Waals surface area contributed by atoms with Crippen LogP contribution >= 0.6 is 0 Å². The van der Waals surface area contributed by atoms with Crippen LogP contribution in [0.1, 0.15) is 98.8 Å². The number of carbonyl (C=O) groups excluding carboxylic acids is 1. The van der Waals surface area contributed by atoms with Crippen LogP contribution in [0.3, 0.4) is 0 Å². The number of hydrogen-bond acceptors (Lipinski definition) is 2. The van der Waals surface area contributed by atoms with Gasteiger partial charge in [0.25, 0.3) is 0 Å². The Labute approximate surface area is 133 Å². The minimum atomic E-state index is -0.366. The molecule has 0 saturated carbocycles. The SMILES string of the molecule is CC(C)CCCCCCCCCCCOC(=O)C(C)(C)C. The first-order valence-corrected chi connectivity index (χ1v) is 9.01. The molecule has 0 atom stereocenters. The van der Waals surface area contributed by atoms with Crippen molar-refractivity contribution in [3.05, 3.63) is 0 Å². The van der Waals surface area contributed by atoms with Crippen LogP contribution in [-0.4, -0.2) is 12.6 Å². The normalized spacial score (nSPS) is 11.9. The number of carbonyl (C=O) groups is 1. The molecule has 0 unspecified atom stereocenters. The largest absolute Gasteiger partial charge is 0.465 e. The molecule has 21 heavy (non-hydrogen) atoms. The zero-order chi connectivity index (χ0) is 16.1. The van der Waals surface area contributed by atoms with Crippen molar-refractivity contribution in [2.24, 2.45) is 11.3 Å².